The number of aryl methyl sites for hydroxylation is 3. The first-order valence-corrected chi connectivity index (χ1v) is 13.9. The predicted molar refractivity (Wildman–Crippen MR) is 154 cm³/mol. The highest BCUT2D eigenvalue weighted by molar-refractivity contribution is 7.99. The van der Waals surface area contributed by atoms with Gasteiger partial charge in [-0.25, -0.2) is 0 Å². The first-order chi connectivity index (χ1) is 18.7. The second-order valence-corrected chi connectivity index (χ2v) is 10.9. The van der Waals surface area contributed by atoms with E-state index in [4.69, 9.17) is 32.7 Å². The maximum atomic E-state index is 11.7. The first kappa shape index (κ1) is 28.7. The molecule has 1 aromatic heterocycles. The van der Waals surface area contributed by atoms with Crippen molar-refractivity contribution in [3.8, 4) is 17.2 Å². The van der Waals surface area contributed by atoms with Crippen molar-refractivity contribution in [2.75, 3.05) is 13.2 Å². The van der Waals surface area contributed by atoms with Gasteiger partial charge in [0.25, 0.3) is 0 Å². The molecule has 0 saturated heterocycles. The molecule has 1 atom stereocenters. The molecule has 0 aliphatic carbocycles. The molecule has 0 spiro atoms. The minimum absolute atomic E-state index is 0.209. The van der Waals surface area contributed by atoms with Gasteiger partial charge in [0.1, 0.15) is 17.7 Å². The lowest BCUT2D eigenvalue weighted by Crippen LogP contribution is -2.12. The van der Waals surface area contributed by atoms with Crippen LogP contribution in [-0.2, 0) is 6.61 Å². The smallest absolute Gasteiger partial charge is 0.220 e. The minimum Gasteiger partial charge on any atom is -0.490 e. The Bertz CT molecular complexity index is 1490. The monoisotopic (exact) mass is 586 g/mol. The van der Waals surface area contributed by atoms with Crippen LogP contribution in [0.1, 0.15) is 40.3 Å². The summed E-state index contributed by atoms with van der Waals surface area (Å²) in [4.78, 5) is 11.4. The van der Waals surface area contributed by atoms with Crippen molar-refractivity contribution in [1.29, 1.82) is 0 Å². The van der Waals surface area contributed by atoms with E-state index in [-0.39, 0.29) is 18.1 Å². The van der Waals surface area contributed by atoms with E-state index in [1.807, 2.05) is 50.5 Å². The van der Waals surface area contributed by atoms with Crippen molar-refractivity contribution < 1.29 is 14.4 Å². The fourth-order valence-corrected chi connectivity index (χ4v) is 5.59. The van der Waals surface area contributed by atoms with E-state index >= 15 is 0 Å². The summed E-state index contributed by atoms with van der Waals surface area (Å²) in [7, 11) is 0. The number of benzene rings is 3. The highest BCUT2D eigenvalue weighted by Gasteiger charge is 2.25. The molecule has 11 heteroatoms. The molecule has 0 bridgehead atoms. The summed E-state index contributed by atoms with van der Waals surface area (Å²) < 4.78 is 13.8. The number of nitrogens with zero attached hydrogens (tertiary/aromatic N) is 4. The fraction of sp³-hybridized carbons (Fsp3) is 0.286. The third kappa shape index (κ3) is 7.03. The number of rotatable bonds is 11. The summed E-state index contributed by atoms with van der Waals surface area (Å²) in [6, 6.07) is 16.7. The second-order valence-electron chi connectivity index (χ2n) is 8.92. The Labute approximate surface area is 241 Å². The lowest BCUT2D eigenvalue weighted by molar-refractivity contribution is -0.479. The van der Waals surface area contributed by atoms with Crippen LogP contribution in [0.25, 0.3) is 5.69 Å². The fourth-order valence-electron chi connectivity index (χ4n) is 3.96. The molecule has 1 heterocycles. The average Bonchev–Trinajstić information content (AvgIpc) is 3.25. The van der Waals surface area contributed by atoms with Crippen LogP contribution in [0.15, 0.2) is 59.8 Å². The summed E-state index contributed by atoms with van der Waals surface area (Å²) in [5, 5.41) is 21.3. The summed E-state index contributed by atoms with van der Waals surface area (Å²) >= 11 is 13.6. The Morgan fingerprint density at radius 3 is 2.46 bits per heavy atom. The zero-order valence-electron chi connectivity index (χ0n) is 22.0. The van der Waals surface area contributed by atoms with Gasteiger partial charge in [-0.1, -0.05) is 53.2 Å². The molecule has 0 fully saturated rings. The molecule has 0 N–H and O–H groups in total. The minimum atomic E-state index is -0.548. The van der Waals surface area contributed by atoms with E-state index in [0.717, 1.165) is 16.8 Å². The molecule has 4 aromatic rings. The van der Waals surface area contributed by atoms with Gasteiger partial charge in [-0.3, -0.25) is 14.7 Å². The Kier molecular flexibility index (Phi) is 9.37. The van der Waals surface area contributed by atoms with Crippen molar-refractivity contribution >= 4 is 35.0 Å². The van der Waals surface area contributed by atoms with Crippen molar-refractivity contribution in [2.45, 2.75) is 44.7 Å². The average molecular weight is 588 g/mol. The molecule has 0 unspecified atom stereocenters. The third-order valence-corrected chi connectivity index (χ3v) is 7.91. The Hall–Kier alpha value is -3.27. The predicted octanol–water partition coefficient (Wildman–Crippen LogP) is 7.59. The van der Waals surface area contributed by atoms with Crippen LogP contribution in [-0.4, -0.2) is 32.8 Å². The molecule has 3 aromatic carbocycles. The van der Waals surface area contributed by atoms with Gasteiger partial charge >= 0.3 is 0 Å². The van der Waals surface area contributed by atoms with E-state index in [2.05, 4.69) is 16.3 Å². The molecule has 0 radical (unpaired) electrons. The molecule has 0 saturated carbocycles. The number of aromatic nitrogens is 3. The lowest BCUT2D eigenvalue weighted by Gasteiger charge is -2.18. The maximum Gasteiger partial charge on any atom is 0.220 e. The normalized spacial score (nSPS) is 11.8. The second kappa shape index (κ2) is 12.7. The third-order valence-electron chi connectivity index (χ3n) is 6.14. The number of hydrogen-bond acceptors (Lipinski definition) is 7. The number of halogens is 2. The van der Waals surface area contributed by atoms with Crippen molar-refractivity contribution in [2.24, 2.45) is 0 Å². The Balaban J connectivity index is 1.63. The van der Waals surface area contributed by atoms with Crippen molar-refractivity contribution in [3.05, 3.63) is 103 Å². The summed E-state index contributed by atoms with van der Waals surface area (Å²) in [5.74, 6) is 1.69. The molecule has 0 amide bonds. The van der Waals surface area contributed by atoms with E-state index in [9.17, 15) is 10.1 Å². The Morgan fingerprint density at radius 2 is 1.77 bits per heavy atom. The molecule has 8 nitrogen and oxygen atoms in total. The Morgan fingerprint density at radius 1 is 0.974 bits per heavy atom. The standard InChI is InChI=1S/C28H28Cl2N4O4S/c1-5-37-26-13-20(8-11-25(26)38-16-21-7-9-22(29)14-24(21)30)27(15-33(35)36)39-28-32-31-19(4)34(28)23-10-6-17(2)18(3)12-23/h6-14,27H,5,15-16H2,1-4H3/t27-/m1/s1. The van der Waals surface area contributed by atoms with Crippen LogP contribution in [0, 0.1) is 30.9 Å². The highest BCUT2D eigenvalue weighted by atomic mass is 35.5. The molecule has 204 valence electrons. The first-order valence-electron chi connectivity index (χ1n) is 12.3. The number of ether oxygens (including phenoxy) is 2. The molecule has 0 aliphatic heterocycles. The van der Waals surface area contributed by atoms with E-state index < -0.39 is 5.25 Å². The van der Waals surface area contributed by atoms with Crippen LogP contribution in [0.2, 0.25) is 10.0 Å². The van der Waals surface area contributed by atoms with Crippen molar-refractivity contribution in [3.63, 3.8) is 0 Å². The topological polar surface area (TPSA) is 92.3 Å². The molecule has 4 rings (SSSR count). The van der Waals surface area contributed by atoms with Crippen LogP contribution in [0.4, 0.5) is 0 Å². The van der Waals surface area contributed by atoms with Gasteiger partial charge in [0, 0.05) is 26.2 Å². The number of hydrogen-bond donors (Lipinski definition) is 0. The van der Waals surface area contributed by atoms with E-state index in [0.29, 0.717) is 44.7 Å². The van der Waals surface area contributed by atoms with Gasteiger partial charge in [-0.15, -0.1) is 10.2 Å². The number of nitro groups is 1. The molecule has 0 aliphatic rings. The number of thioether (sulfide) groups is 1. The van der Waals surface area contributed by atoms with Crippen LogP contribution in [0.5, 0.6) is 11.5 Å². The molecule has 39 heavy (non-hydrogen) atoms. The zero-order chi connectivity index (χ0) is 28.1. The van der Waals surface area contributed by atoms with E-state index in [1.165, 1.54) is 17.3 Å². The quantitative estimate of drug-likeness (QED) is 0.101. The van der Waals surface area contributed by atoms with Gasteiger partial charge in [0.15, 0.2) is 16.7 Å². The van der Waals surface area contributed by atoms with Gasteiger partial charge in [-0.2, -0.15) is 0 Å². The van der Waals surface area contributed by atoms with E-state index in [1.54, 1.807) is 30.3 Å². The summed E-state index contributed by atoms with van der Waals surface area (Å²) in [6.07, 6.45) is 0. The van der Waals surface area contributed by atoms with Crippen molar-refractivity contribution in [1.82, 2.24) is 14.8 Å². The van der Waals surface area contributed by atoms with Gasteiger partial charge in [0.05, 0.1) is 6.61 Å². The van der Waals surface area contributed by atoms with Crippen LogP contribution >= 0.6 is 35.0 Å². The molecular weight excluding hydrogens is 559 g/mol. The zero-order valence-corrected chi connectivity index (χ0v) is 24.3. The van der Waals surface area contributed by atoms with Crippen LogP contribution in [0.3, 0.4) is 0 Å². The summed E-state index contributed by atoms with van der Waals surface area (Å²) in [5.41, 5.74) is 4.70. The molecular formula is C28H28Cl2N4O4S. The lowest BCUT2D eigenvalue weighted by atomic mass is 10.1. The van der Waals surface area contributed by atoms with Gasteiger partial charge in [-0.05, 0) is 80.8 Å². The maximum absolute atomic E-state index is 11.7. The van der Waals surface area contributed by atoms with Gasteiger partial charge < -0.3 is 9.47 Å². The highest BCUT2D eigenvalue weighted by Crippen LogP contribution is 2.40. The summed E-state index contributed by atoms with van der Waals surface area (Å²) in [6.45, 7) is 8.12. The van der Waals surface area contributed by atoms with Crippen LogP contribution < -0.4 is 9.47 Å². The van der Waals surface area contributed by atoms with Gasteiger partial charge in [0.2, 0.25) is 6.54 Å². The SMILES string of the molecule is CCOc1cc([C@@H](C[N+](=O)[O-])Sc2nnc(C)n2-c2ccc(C)c(C)c2)ccc1OCc1ccc(Cl)cc1Cl. The largest absolute Gasteiger partial charge is 0.490 e.